The number of nitrogens with one attached hydrogen (secondary N) is 1. The van der Waals surface area contributed by atoms with Gasteiger partial charge in [-0.25, -0.2) is 0 Å². The summed E-state index contributed by atoms with van der Waals surface area (Å²) in [6.07, 6.45) is 0. The summed E-state index contributed by atoms with van der Waals surface area (Å²) in [6.45, 7) is 4.53. The number of carbonyl (C=O) groups is 1. The van der Waals surface area contributed by atoms with Crippen LogP contribution in [-0.4, -0.2) is 43.4 Å². The molecule has 0 saturated carbocycles. The molecule has 120 valence electrons. The first-order valence-corrected chi connectivity index (χ1v) is 9.14. The van der Waals surface area contributed by atoms with Crippen LogP contribution in [0.4, 0.5) is 0 Å². The Kier molecular flexibility index (Phi) is 5.02. The quantitative estimate of drug-likeness (QED) is 0.859. The van der Waals surface area contributed by atoms with Crippen molar-refractivity contribution in [1.29, 1.82) is 0 Å². The summed E-state index contributed by atoms with van der Waals surface area (Å²) in [7, 11) is 0. The van der Waals surface area contributed by atoms with Gasteiger partial charge in [-0.1, -0.05) is 41.7 Å². The zero-order chi connectivity index (χ0) is 16.2. The topological polar surface area (TPSA) is 72.2 Å². The number of thioether (sulfide) groups is 2. The average molecular weight is 347 g/mol. The summed E-state index contributed by atoms with van der Waals surface area (Å²) in [5.74, 6) is 1.66. The third kappa shape index (κ3) is 3.76. The van der Waals surface area contributed by atoms with E-state index in [1.807, 2.05) is 48.7 Å². The Morgan fingerprint density at radius 1 is 1.35 bits per heavy atom. The van der Waals surface area contributed by atoms with E-state index in [9.17, 15) is 4.79 Å². The number of nitrogens with zero attached hydrogens (tertiary/aromatic N) is 4. The number of amidine groups is 1. The molecule has 1 aromatic carbocycles. The monoisotopic (exact) mass is 347 g/mol. The van der Waals surface area contributed by atoms with Crippen LogP contribution in [0.2, 0.25) is 0 Å². The van der Waals surface area contributed by atoms with E-state index < -0.39 is 0 Å². The molecule has 0 fully saturated rings. The molecule has 1 aliphatic heterocycles. The number of hydrogen-bond acceptors (Lipinski definition) is 6. The number of benzene rings is 1. The maximum absolute atomic E-state index is 12.3. The molecule has 1 aromatic heterocycles. The minimum Gasteiger partial charge on any atom is -0.304 e. The molecule has 1 amide bonds. The number of hydrogen-bond donors (Lipinski definition) is 1. The molecule has 0 radical (unpaired) electrons. The molecular formula is C15H17N5OS2. The zero-order valence-electron chi connectivity index (χ0n) is 12.9. The number of aryl methyl sites for hydroxylation is 1. The van der Waals surface area contributed by atoms with Crippen molar-refractivity contribution in [3.05, 3.63) is 36.2 Å². The van der Waals surface area contributed by atoms with E-state index in [-0.39, 0.29) is 11.2 Å². The number of rotatable bonds is 4. The van der Waals surface area contributed by atoms with Gasteiger partial charge in [0.05, 0.1) is 11.8 Å². The maximum Gasteiger partial charge on any atom is 0.239 e. The Bertz CT molecular complexity index is 729. The second-order valence-electron chi connectivity index (χ2n) is 4.99. The van der Waals surface area contributed by atoms with E-state index in [4.69, 9.17) is 0 Å². The Hall–Kier alpha value is -1.80. The van der Waals surface area contributed by atoms with Crippen molar-refractivity contribution in [3.63, 3.8) is 0 Å². The molecule has 0 unspecified atom stereocenters. The lowest BCUT2D eigenvalue weighted by Gasteiger charge is -2.12. The van der Waals surface area contributed by atoms with Gasteiger partial charge in [0.2, 0.25) is 5.91 Å². The lowest BCUT2D eigenvalue weighted by Crippen LogP contribution is -2.34. The Balaban J connectivity index is 1.74. The standard InChI is InChI=1S/C15H17N5OS2/c1-10(13(21)17-14-16-8-9-22-14)23-15-19-18-11(2)20(15)12-6-4-3-5-7-12/h3-7,10H,8-9H2,1-2H3,(H,16,17,21)/t10-/m1/s1. The van der Waals surface area contributed by atoms with E-state index in [0.717, 1.165) is 23.8 Å². The summed E-state index contributed by atoms with van der Waals surface area (Å²) in [5, 5.41) is 12.3. The Labute approximate surface area is 143 Å². The van der Waals surface area contributed by atoms with Crippen molar-refractivity contribution in [2.75, 3.05) is 12.3 Å². The van der Waals surface area contributed by atoms with Crippen LogP contribution in [0.25, 0.3) is 5.69 Å². The van der Waals surface area contributed by atoms with E-state index in [1.54, 1.807) is 11.8 Å². The van der Waals surface area contributed by atoms with Gasteiger partial charge in [-0.15, -0.1) is 10.2 Å². The molecule has 1 atom stereocenters. The summed E-state index contributed by atoms with van der Waals surface area (Å²) in [5.41, 5.74) is 0.987. The molecule has 23 heavy (non-hydrogen) atoms. The van der Waals surface area contributed by atoms with Crippen LogP contribution in [0.1, 0.15) is 12.7 Å². The maximum atomic E-state index is 12.3. The highest BCUT2D eigenvalue weighted by molar-refractivity contribution is 8.14. The van der Waals surface area contributed by atoms with Crippen LogP contribution >= 0.6 is 23.5 Å². The Morgan fingerprint density at radius 2 is 2.13 bits per heavy atom. The largest absolute Gasteiger partial charge is 0.304 e. The second kappa shape index (κ2) is 7.18. The van der Waals surface area contributed by atoms with Gasteiger partial charge in [0.1, 0.15) is 5.82 Å². The van der Waals surface area contributed by atoms with Crippen molar-refractivity contribution in [3.8, 4) is 5.69 Å². The van der Waals surface area contributed by atoms with Crippen LogP contribution in [0.15, 0.2) is 40.5 Å². The number of aromatic nitrogens is 3. The van der Waals surface area contributed by atoms with Crippen LogP contribution in [0.5, 0.6) is 0 Å². The fourth-order valence-corrected chi connectivity index (χ4v) is 3.77. The van der Waals surface area contributed by atoms with E-state index in [0.29, 0.717) is 10.3 Å². The van der Waals surface area contributed by atoms with Crippen molar-refractivity contribution < 1.29 is 4.79 Å². The van der Waals surface area contributed by atoms with Gasteiger partial charge >= 0.3 is 0 Å². The SMILES string of the molecule is Cc1nnc(S[C@H](C)C(=O)NC2=NCCS2)n1-c1ccccc1. The molecule has 0 bridgehead atoms. The molecule has 2 aromatic rings. The van der Waals surface area contributed by atoms with Crippen molar-refractivity contribution in [2.45, 2.75) is 24.3 Å². The predicted octanol–water partition coefficient (Wildman–Crippen LogP) is 2.28. The minimum absolute atomic E-state index is 0.0663. The first-order valence-electron chi connectivity index (χ1n) is 7.27. The molecule has 1 N–H and O–H groups in total. The number of amides is 1. The van der Waals surface area contributed by atoms with Gasteiger partial charge in [-0.05, 0) is 26.0 Å². The lowest BCUT2D eigenvalue weighted by molar-refractivity contribution is -0.118. The first kappa shape index (κ1) is 16.1. The van der Waals surface area contributed by atoms with Crippen LogP contribution < -0.4 is 5.32 Å². The Morgan fingerprint density at radius 3 is 2.83 bits per heavy atom. The van der Waals surface area contributed by atoms with Gasteiger partial charge in [-0.3, -0.25) is 14.4 Å². The van der Waals surface area contributed by atoms with Crippen LogP contribution in [-0.2, 0) is 4.79 Å². The molecule has 0 saturated heterocycles. The van der Waals surface area contributed by atoms with Gasteiger partial charge in [0, 0.05) is 11.4 Å². The molecule has 0 aliphatic carbocycles. The van der Waals surface area contributed by atoms with Crippen LogP contribution in [0.3, 0.4) is 0 Å². The zero-order valence-corrected chi connectivity index (χ0v) is 14.5. The van der Waals surface area contributed by atoms with E-state index in [1.165, 1.54) is 11.8 Å². The van der Waals surface area contributed by atoms with E-state index in [2.05, 4.69) is 20.5 Å². The first-order chi connectivity index (χ1) is 11.1. The van der Waals surface area contributed by atoms with Gasteiger partial charge < -0.3 is 5.32 Å². The third-order valence-corrected chi connectivity index (χ3v) is 5.21. The number of carbonyl (C=O) groups excluding carboxylic acids is 1. The fourth-order valence-electron chi connectivity index (χ4n) is 2.12. The summed E-state index contributed by atoms with van der Waals surface area (Å²) >= 11 is 2.96. The van der Waals surface area contributed by atoms with E-state index >= 15 is 0 Å². The predicted molar refractivity (Wildman–Crippen MR) is 94.3 cm³/mol. The highest BCUT2D eigenvalue weighted by atomic mass is 32.2. The van der Waals surface area contributed by atoms with Crippen LogP contribution in [0, 0.1) is 6.92 Å². The number of para-hydroxylation sites is 1. The molecule has 2 heterocycles. The van der Waals surface area contributed by atoms with Gasteiger partial charge in [0.25, 0.3) is 0 Å². The highest BCUT2D eigenvalue weighted by Crippen LogP contribution is 2.25. The smallest absolute Gasteiger partial charge is 0.239 e. The minimum atomic E-state index is -0.287. The highest BCUT2D eigenvalue weighted by Gasteiger charge is 2.21. The molecular weight excluding hydrogens is 330 g/mol. The van der Waals surface area contributed by atoms with Crippen molar-refractivity contribution in [2.24, 2.45) is 4.99 Å². The third-order valence-electron chi connectivity index (χ3n) is 3.28. The van der Waals surface area contributed by atoms with Crippen molar-refractivity contribution >= 4 is 34.6 Å². The van der Waals surface area contributed by atoms with Gasteiger partial charge in [0.15, 0.2) is 10.3 Å². The normalized spacial score (nSPS) is 15.3. The summed E-state index contributed by atoms with van der Waals surface area (Å²) in [4.78, 5) is 16.5. The average Bonchev–Trinajstić information content (AvgIpc) is 3.18. The molecule has 0 spiro atoms. The molecule has 8 heteroatoms. The van der Waals surface area contributed by atoms with Gasteiger partial charge in [-0.2, -0.15) is 0 Å². The lowest BCUT2D eigenvalue weighted by atomic mass is 10.3. The second-order valence-corrected chi connectivity index (χ2v) is 7.38. The summed E-state index contributed by atoms with van der Waals surface area (Å²) in [6, 6.07) is 9.89. The fraction of sp³-hybridized carbons (Fsp3) is 0.333. The molecule has 6 nitrogen and oxygen atoms in total. The number of aliphatic imine (C=N–C) groups is 1. The molecule has 3 rings (SSSR count). The van der Waals surface area contributed by atoms with Crippen molar-refractivity contribution in [1.82, 2.24) is 20.1 Å². The summed E-state index contributed by atoms with van der Waals surface area (Å²) < 4.78 is 1.95. The molecule has 1 aliphatic rings.